The van der Waals surface area contributed by atoms with Gasteiger partial charge in [0.15, 0.2) is 0 Å². The second-order valence-corrected chi connectivity index (χ2v) is 4.90. The van der Waals surface area contributed by atoms with Crippen LogP contribution in [0.25, 0.3) is 0 Å². The molecule has 0 spiro atoms. The molecule has 0 bridgehead atoms. The summed E-state index contributed by atoms with van der Waals surface area (Å²) < 4.78 is 0. The summed E-state index contributed by atoms with van der Waals surface area (Å²) >= 11 is 6.08. The fourth-order valence-corrected chi connectivity index (χ4v) is 2.13. The summed E-state index contributed by atoms with van der Waals surface area (Å²) in [4.78, 5) is 12.3. The van der Waals surface area contributed by atoms with Crippen LogP contribution in [-0.2, 0) is 6.54 Å². The first-order valence-corrected chi connectivity index (χ1v) is 7.05. The topological polar surface area (TPSA) is 41.1 Å². The quantitative estimate of drug-likeness (QED) is 0.795. The predicted octanol–water partition coefficient (Wildman–Crippen LogP) is 3.87. The number of halogens is 1. The predicted molar refractivity (Wildman–Crippen MR) is 87.8 cm³/mol. The van der Waals surface area contributed by atoms with Gasteiger partial charge in [0, 0.05) is 23.8 Å². The molecule has 0 aliphatic heterocycles. The molecule has 0 heterocycles. The number of anilines is 1. The highest BCUT2D eigenvalue weighted by Gasteiger charge is 2.10. The van der Waals surface area contributed by atoms with Crippen LogP contribution in [0.3, 0.4) is 0 Å². The van der Waals surface area contributed by atoms with E-state index >= 15 is 0 Å². The Hall–Kier alpha value is -2.26. The monoisotopic (exact) mass is 300 g/mol. The third-order valence-electron chi connectivity index (χ3n) is 3.01. The van der Waals surface area contributed by atoms with Crippen LogP contribution in [0.4, 0.5) is 5.69 Å². The average molecular weight is 301 g/mol. The fraction of sp³-hybridized carbons (Fsp3) is 0.118. The molecule has 0 aliphatic rings. The van der Waals surface area contributed by atoms with Crippen LogP contribution in [0, 0.1) is 0 Å². The molecule has 1 amide bonds. The Morgan fingerprint density at radius 2 is 1.86 bits per heavy atom. The summed E-state index contributed by atoms with van der Waals surface area (Å²) in [6.45, 7) is 4.66. The normalized spacial score (nSPS) is 9.95. The molecule has 0 fully saturated rings. The molecule has 21 heavy (non-hydrogen) atoms. The van der Waals surface area contributed by atoms with Gasteiger partial charge in [-0.25, -0.2) is 0 Å². The zero-order valence-electron chi connectivity index (χ0n) is 11.6. The van der Waals surface area contributed by atoms with Crippen molar-refractivity contribution in [2.75, 3.05) is 11.9 Å². The van der Waals surface area contributed by atoms with Crippen molar-refractivity contribution in [2.24, 2.45) is 0 Å². The minimum atomic E-state index is -0.137. The molecule has 2 N–H and O–H groups in total. The molecule has 2 aromatic rings. The van der Waals surface area contributed by atoms with Crippen LogP contribution >= 0.6 is 11.6 Å². The summed E-state index contributed by atoms with van der Waals surface area (Å²) in [6, 6.07) is 14.8. The molecule has 3 nitrogen and oxygen atoms in total. The van der Waals surface area contributed by atoms with E-state index in [0.29, 0.717) is 23.7 Å². The van der Waals surface area contributed by atoms with Gasteiger partial charge in [-0.3, -0.25) is 4.79 Å². The lowest BCUT2D eigenvalue weighted by molar-refractivity contribution is 0.0951. The minimum Gasteiger partial charge on any atom is -0.381 e. The van der Waals surface area contributed by atoms with Crippen LogP contribution in [-0.4, -0.2) is 12.5 Å². The van der Waals surface area contributed by atoms with E-state index in [-0.39, 0.29) is 5.91 Å². The Bertz CT molecular complexity index is 640. The molecular formula is C17H17ClN2O. The first kappa shape index (κ1) is 15.1. The van der Waals surface area contributed by atoms with E-state index in [1.807, 2.05) is 42.5 Å². The van der Waals surface area contributed by atoms with Gasteiger partial charge in [0.25, 0.3) is 5.91 Å². The van der Waals surface area contributed by atoms with Crippen molar-refractivity contribution in [3.8, 4) is 0 Å². The highest BCUT2D eigenvalue weighted by Crippen LogP contribution is 2.17. The van der Waals surface area contributed by atoms with Crippen molar-refractivity contribution >= 4 is 23.2 Å². The number of carbonyl (C=O) groups excluding carboxylic acids is 1. The SMILES string of the molecule is C=CCNc1ccccc1C(=O)NCc1ccccc1Cl. The van der Waals surface area contributed by atoms with E-state index in [1.165, 1.54) is 0 Å². The van der Waals surface area contributed by atoms with Crippen LogP contribution in [0.5, 0.6) is 0 Å². The van der Waals surface area contributed by atoms with Crippen molar-refractivity contribution in [2.45, 2.75) is 6.54 Å². The van der Waals surface area contributed by atoms with E-state index in [0.717, 1.165) is 11.3 Å². The molecule has 0 unspecified atom stereocenters. The number of nitrogens with one attached hydrogen (secondary N) is 2. The molecule has 0 aliphatic carbocycles. The number of hydrogen-bond acceptors (Lipinski definition) is 2. The first-order valence-electron chi connectivity index (χ1n) is 6.67. The van der Waals surface area contributed by atoms with Gasteiger partial charge < -0.3 is 10.6 Å². The first-order chi connectivity index (χ1) is 10.2. The molecule has 0 radical (unpaired) electrons. The highest BCUT2D eigenvalue weighted by atomic mass is 35.5. The largest absolute Gasteiger partial charge is 0.381 e. The van der Waals surface area contributed by atoms with E-state index in [4.69, 9.17) is 11.6 Å². The Morgan fingerprint density at radius 3 is 2.62 bits per heavy atom. The number of para-hydroxylation sites is 1. The van der Waals surface area contributed by atoms with Crippen LogP contribution in [0.2, 0.25) is 5.02 Å². The molecule has 0 atom stereocenters. The lowest BCUT2D eigenvalue weighted by Gasteiger charge is -2.11. The Labute approximate surface area is 129 Å². The Kier molecular flexibility index (Phi) is 5.41. The van der Waals surface area contributed by atoms with Crippen molar-refractivity contribution in [3.05, 3.63) is 77.3 Å². The average Bonchev–Trinajstić information content (AvgIpc) is 2.52. The Balaban J connectivity index is 2.07. The third-order valence-corrected chi connectivity index (χ3v) is 3.37. The number of benzene rings is 2. The molecule has 4 heteroatoms. The number of rotatable bonds is 6. The van der Waals surface area contributed by atoms with E-state index in [1.54, 1.807) is 12.1 Å². The van der Waals surface area contributed by atoms with Gasteiger partial charge in [0.2, 0.25) is 0 Å². The van der Waals surface area contributed by atoms with Gasteiger partial charge in [-0.15, -0.1) is 6.58 Å². The smallest absolute Gasteiger partial charge is 0.253 e. The summed E-state index contributed by atoms with van der Waals surface area (Å²) in [5.74, 6) is -0.137. The van der Waals surface area contributed by atoms with E-state index < -0.39 is 0 Å². The van der Waals surface area contributed by atoms with E-state index in [2.05, 4.69) is 17.2 Å². The molecule has 2 aromatic carbocycles. The van der Waals surface area contributed by atoms with Crippen LogP contribution in [0.15, 0.2) is 61.2 Å². The van der Waals surface area contributed by atoms with Gasteiger partial charge in [-0.2, -0.15) is 0 Å². The number of hydrogen-bond donors (Lipinski definition) is 2. The zero-order valence-corrected chi connectivity index (χ0v) is 12.4. The molecule has 2 rings (SSSR count). The summed E-state index contributed by atoms with van der Waals surface area (Å²) in [7, 11) is 0. The Morgan fingerprint density at radius 1 is 1.14 bits per heavy atom. The van der Waals surface area contributed by atoms with E-state index in [9.17, 15) is 4.79 Å². The second-order valence-electron chi connectivity index (χ2n) is 4.49. The summed E-state index contributed by atoms with van der Waals surface area (Å²) in [5, 5.41) is 6.68. The maximum absolute atomic E-state index is 12.3. The van der Waals surface area contributed by atoms with Gasteiger partial charge >= 0.3 is 0 Å². The summed E-state index contributed by atoms with van der Waals surface area (Å²) in [5.41, 5.74) is 2.28. The minimum absolute atomic E-state index is 0.137. The van der Waals surface area contributed by atoms with Gasteiger partial charge in [0.05, 0.1) is 5.56 Å². The van der Waals surface area contributed by atoms with Crippen molar-refractivity contribution in [1.29, 1.82) is 0 Å². The lowest BCUT2D eigenvalue weighted by atomic mass is 10.1. The van der Waals surface area contributed by atoms with Gasteiger partial charge in [-0.05, 0) is 23.8 Å². The van der Waals surface area contributed by atoms with Gasteiger partial charge in [0.1, 0.15) is 0 Å². The molecular weight excluding hydrogens is 284 g/mol. The zero-order chi connectivity index (χ0) is 15.1. The maximum atomic E-state index is 12.3. The summed E-state index contributed by atoms with van der Waals surface area (Å²) in [6.07, 6.45) is 1.75. The van der Waals surface area contributed by atoms with Crippen molar-refractivity contribution in [1.82, 2.24) is 5.32 Å². The lowest BCUT2D eigenvalue weighted by Crippen LogP contribution is -2.24. The van der Waals surface area contributed by atoms with Crippen molar-refractivity contribution < 1.29 is 4.79 Å². The second kappa shape index (κ2) is 7.50. The van der Waals surface area contributed by atoms with Crippen LogP contribution in [0.1, 0.15) is 15.9 Å². The molecule has 0 saturated carbocycles. The number of carbonyl (C=O) groups is 1. The van der Waals surface area contributed by atoms with Gasteiger partial charge in [-0.1, -0.05) is 48.0 Å². The van der Waals surface area contributed by atoms with Crippen LogP contribution < -0.4 is 10.6 Å². The third kappa shape index (κ3) is 4.10. The highest BCUT2D eigenvalue weighted by molar-refractivity contribution is 6.31. The fourth-order valence-electron chi connectivity index (χ4n) is 1.93. The molecule has 108 valence electrons. The molecule has 0 saturated heterocycles. The maximum Gasteiger partial charge on any atom is 0.253 e. The number of amides is 1. The molecule has 0 aromatic heterocycles. The standard InChI is InChI=1S/C17H17ClN2O/c1-2-11-19-16-10-6-4-8-14(16)17(21)20-12-13-7-3-5-9-15(13)18/h2-10,19H,1,11-12H2,(H,20,21). The van der Waals surface area contributed by atoms with Crippen molar-refractivity contribution in [3.63, 3.8) is 0 Å².